The normalized spacial score (nSPS) is 15.0. The molecule has 1 fully saturated rings. The molecule has 28 heavy (non-hydrogen) atoms. The van der Waals surface area contributed by atoms with Crippen LogP contribution in [0.15, 0.2) is 48.8 Å². The van der Waals surface area contributed by atoms with Gasteiger partial charge in [0.05, 0.1) is 0 Å². The van der Waals surface area contributed by atoms with E-state index < -0.39 is 0 Å². The highest BCUT2D eigenvalue weighted by Crippen LogP contribution is 2.28. The molecule has 0 unspecified atom stereocenters. The second-order valence-corrected chi connectivity index (χ2v) is 7.69. The van der Waals surface area contributed by atoms with Gasteiger partial charge in [0.2, 0.25) is 0 Å². The van der Waals surface area contributed by atoms with Crippen molar-refractivity contribution in [2.24, 2.45) is 5.92 Å². The molecule has 0 spiro atoms. The zero-order valence-corrected chi connectivity index (χ0v) is 16.1. The van der Waals surface area contributed by atoms with Crippen LogP contribution in [0.25, 0.3) is 22.5 Å². The Morgan fingerprint density at radius 2 is 1.93 bits per heavy atom. The number of halogens is 1. The summed E-state index contributed by atoms with van der Waals surface area (Å²) in [6.07, 6.45) is 9.73. The third kappa shape index (κ3) is 4.65. The molecule has 0 saturated heterocycles. The lowest BCUT2D eigenvalue weighted by atomic mass is 9.87. The lowest BCUT2D eigenvalue weighted by molar-refractivity contribution is 0.334. The number of hydrogen-bond donors (Lipinski definition) is 2. The van der Waals surface area contributed by atoms with Crippen molar-refractivity contribution in [3.8, 4) is 22.5 Å². The van der Waals surface area contributed by atoms with Gasteiger partial charge in [-0.3, -0.25) is 5.10 Å². The van der Waals surface area contributed by atoms with Gasteiger partial charge in [-0.25, -0.2) is 9.37 Å². The Morgan fingerprint density at radius 3 is 2.71 bits per heavy atom. The summed E-state index contributed by atoms with van der Waals surface area (Å²) in [7, 11) is 0. The smallest absolute Gasteiger partial charge is 0.180 e. The van der Waals surface area contributed by atoms with Crippen LogP contribution in [0.4, 0.5) is 4.39 Å². The number of hydrogen-bond acceptors (Lipinski definition) is 3. The van der Waals surface area contributed by atoms with Crippen LogP contribution in [0.3, 0.4) is 0 Å². The van der Waals surface area contributed by atoms with Crippen molar-refractivity contribution < 1.29 is 4.39 Å². The van der Waals surface area contributed by atoms with E-state index in [1.54, 1.807) is 6.07 Å². The molecule has 5 heteroatoms. The van der Waals surface area contributed by atoms with Gasteiger partial charge in [0.25, 0.3) is 0 Å². The van der Waals surface area contributed by atoms with E-state index in [0.717, 1.165) is 24.6 Å². The van der Waals surface area contributed by atoms with Crippen LogP contribution in [0.2, 0.25) is 0 Å². The molecule has 4 nitrogen and oxygen atoms in total. The second kappa shape index (κ2) is 9.11. The van der Waals surface area contributed by atoms with Gasteiger partial charge in [-0.1, -0.05) is 62.4 Å². The molecule has 0 amide bonds. The summed E-state index contributed by atoms with van der Waals surface area (Å²) in [5.74, 6) is 1.13. The lowest BCUT2D eigenvalue weighted by Gasteiger charge is -2.21. The number of rotatable bonds is 7. The average Bonchev–Trinajstić information content (AvgIpc) is 3.27. The maximum atomic E-state index is 14.7. The Labute approximate surface area is 165 Å². The zero-order valence-electron chi connectivity index (χ0n) is 16.1. The van der Waals surface area contributed by atoms with Crippen molar-refractivity contribution >= 4 is 0 Å². The highest BCUT2D eigenvalue weighted by Gasteiger charge is 2.13. The highest BCUT2D eigenvalue weighted by molar-refractivity contribution is 5.68. The first kappa shape index (κ1) is 18.8. The third-order valence-corrected chi connectivity index (χ3v) is 5.66. The first-order valence-electron chi connectivity index (χ1n) is 10.3. The van der Waals surface area contributed by atoms with Gasteiger partial charge in [-0.15, -0.1) is 0 Å². The third-order valence-electron chi connectivity index (χ3n) is 5.66. The Hall–Kier alpha value is -2.53. The number of nitrogens with zero attached hydrogens (tertiary/aromatic N) is 2. The number of aromatic amines is 1. The summed E-state index contributed by atoms with van der Waals surface area (Å²) in [5.41, 5.74) is 3.34. The highest BCUT2D eigenvalue weighted by atomic mass is 19.1. The first-order chi connectivity index (χ1) is 13.8. The number of H-pyrrole nitrogens is 1. The molecule has 146 valence electrons. The van der Waals surface area contributed by atoms with Gasteiger partial charge in [0, 0.05) is 17.7 Å². The van der Waals surface area contributed by atoms with Crippen LogP contribution >= 0.6 is 0 Å². The Morgan fingerprint density at radius 1 is 1.04 bits per heavy atom. The Kier molecular flexibility index (Phi) is 6.12. The van der Waals surface area contributed by atoms with E-state index >= 15 is 0 Å². The van der Waals surface area contributed by atoms with E-state index in [4.69, 9.17) is 0 Å². The molecule has 2 N–H and O–H groups in total. The van der Waals surface area contributed by atoms with Crippen LogP contribution in [-0.4, -0.2) is 21.7 Å². The standard InChI is InChI=1S/C23H27FN4/c24-22-14-20(23-26-16-27-28-23)9-10-21(22)19-8-4-7-18(13-19)15-25-12-11-17-5-2-1-3-6-17/h4,7-10,13-14,16-17,25H,1-3,5-6,11-12,15H2,(H,26,27,28). The summed E-state index contributed by atoms with van der Waals surface area (Å²) in [4.78, 5) is 4.08. The number of aromatic nitrogens is 3. The van der Waals surface area contributed by atoms with Gasteiger partial charge in [-0.2, -0.15) is 5.10 Å². The maximum absolute atomic E-state index is 14.7. The zero-order chi connectivity index (χ0) is 19.2. The minimum absolute atomic E-state index is 0.260. The molecular formula is C23H27FN4. The first-order valence-corrected chi connectivity index (χ1v) is 10.3. The fourth-order valence-corrected chi connectivity index (χ4v) is 4.10. The molecule has 1 saturated carbocycles. The van der Waals surface area contributed by atoms with E-state index in [0.29, 0.717) is 17.0 Å². The SMILES string of the molecule is Fc1cc(-c2nc[nH]n2)ccc1-c1cccc(CNCCC2CCCCC2)c1. The van der Waals surface area contributed by atoms with Gasteiger partial charge >= 0.3 is 0 Å². The molecule has 1 aromatic heterocycles. The molecule has 0 bridgehead atoms. The summed E-state index contributed by atoms with van der Waals surface area (Å²) >= 11 is 0. The van der Waals surface area contributed by atoms with Gasteiger partial charge in [0.1, 0.15) is 12.1 Å². The predicted molar refractivity (Wildman–Crippen MR) is 110 cm³/mol. The summed E-state index contributed by atoms with van der Waals surface area (Å²) in [6.45, 7) is 1.87. The van der Waals surface area contributed by atoms with Crippen molar-refractivity contribution in [2.75, 3.05) is 6.54 Å². The Balaban J connectivity index is 1.38. The molecule has 0 atom stereocenters. The van der Waals surface area contributed by atoms with Gasteiger partial charge in [0.15, 0.2) is 5.82 Å². The van der Waals surface area contributed by atoms with Crippen LogP contribution in [0.5, 0.6) is 0 Å². The second-order valence-electron chi connectivity index (χ2n) is 7.69. The minimum atomic E-state index is -0.260. The average molecular weight is 378 g/mol. The van der Waals surface area contributed by atoms with Crippen molar-refractivity contribution in [2.45, 2.75) is 45.1 Å². The predicted octanol–water partition coefficient (Wildman–Crippen LogP) is 5.34. The largest absolute Gasteiger partial charge is 0.313 e. The van der Waals surface area contributed by atoms with Crippen LogP contribution in [0, 0.1) is 11.7 Å². The molecule has 2 aromatic carbocycles. The maximum Gasteiger partial charge on any atom is 0.180 e. The van der Waals surface area contributed by atoms with E-state index in [1.807, 2.05) is 18.2 Å². The molecular weight excluding hydrogens is 351 g/mol. The van der Waals surface area contributed by atoms with Crippen molar-refractivity contribution in [1.82, 2.24) is 20.5 Å². The molecule has 4 rings (SSSR count). The van der Waals surface area contributed by atoms with Crippen LogP contribution < -0.4 is 5.32 Å². The van der Waals surface area contributed by atoms with E-state index in [1.165, 1.54) is 56.5 Å². The summed E-state index contributed by atoms with van der Waals surface area (Å²) in [5, 5.41) is 10.2. The van der Waals surface area contributed by atoms with E-state index in [9.17, 15) is 4.39 Å². The lowest BCUT2D eigenvalue weighted by Crippen LogP contribution is -2.19. The summed E-state index contributed by atoms with van der Waals surface area (Å²) in [6, 6.07) is 13.3. The number of nitrogens with one attached hydrogen (secondary N) is 2. The minimum Gasteiger partial charge on any atom is -0.313 e. The molecule has 3 aromatic rings. The fourth-order valence-electron chi connectivity index (χ4n) is 4.10. The van der Waals surface area contributed by atoms with Crippen LogP contribution in [-0.2, 0) is 6.54 Å². The van der Waals surface area contributed by atoms with E-state index in [2.05, 4.69) is 32.6 Å². The topological polar surface area (TPSA) is 53.6 Å². The molecule has 1 heterocycles. The quantitative estimate of drug-likeness (QED) is 0.546. The molecule has 0 radical (unpaired) electrons. The molecule has 1 aliphatic carbocycles. The molecule has 1 aliphatic rings. The van der Waals surface area contributed by atoms with Gasteiger partial charge < -0.3 is 5.32 Å². The van der Waals surface area contributed by atoms with Crippen molar-refractivity contribution in [3.63, 3.8) is 0 Å². The van der Waals surface area contributed by atoms with Gasteiger partial charge in [-0.05, 0) is 42.1 Å². The van der Waals surface area contributed by atoms with E-state index in [-0.39, 0.29) is 5.82 Å². The summed E-state index contributed by atoms with van der Waals surface area (Å²) < 4.78 is 14.7. The van der Waals surface area contributed by atoms with Crippen molar-refractivity contribution in [3.05, 3.63) is 60.2 Å². The Bertz CT molecular complexity index is 885. The van der Waals surface area contributed by atoms with Crippen molar-refractivity contribution in [1.29, 1.82) is 0 Å². The van der Waals surface area contributed by atoms with Crippen LogP contribution in [0.1, 0.15) is 44.1 Å². The molecule has 0 aliphatic heterocycles. The number of benzene rings is 2. The fraction of sp³-hybridized carbons (Fsp3) is 0.391. The monoisotopic (exact) mass is 378 g/mol.